The third-order valence-electron chi connectivity index (χ3n) is 7.55. The zero-order valence-corrected chi connectivity index (χ0v) is 26.9. The lowest BCUT2D eigenvalue weighted by atomic mass is 9.76. The number of nitrogens with zero attached hydrogens (tertiary/aromatic N) is 2. The van der Waals surface area contributed by atoms with Crippen LogP contribution in [0.4, 0.5) is 10.5 Å². The summed E-state index contributed by atoms with van der Waals surface area (Å²) in [5.41, 5.74) is 6.11. The summed E-state index contributed by atoms with van der Waals surface area (Å²) in [6.45, 7) is 14.0. The van der Waals surface area contributed by atoms with E-state index in [1.54, 1.807) is 7.11 Å². The van der Waals surface area contributed by atoms with Gasteiger partial charge in [0.25, 0.3) is 0 Å². The fraction of sp³-hybridized carbons (Fsp3) is 0.486. The minimum absolute atomic E-state index is 0.0329. The normalized spacial score (nSPS) is 17.7. The van der Waals surface area contributed by atoms with Crippen LogP contribution in [0.5, 0.6) is 0 Å². The van der Waals surface area contributed by atoms with Gasteiger partial charge in [0, 0.05) is 61.4 Å². The molecule has 7 heteroatoms. The highest BCUT2D eigenvalue weighted by molar-refractivity contribution is 6.31. The number of hydrogen-bond acceptors (Lipinski definition) is 5. The Morgan fingerprint density at radius 1 is 1.05 bits per heavy atom. The van der Waals surface area contributed by atoms with Gasteiger partial charge >= 0.3 is 6.09 Å². The van der Waals surface area contributed by atoms with Gasteiger partial charge in [0.2, 0.25) is 0 Å². The number of methoxy groups -OCH3 is 1. The Morgan fingerprint density at radius 3 is 2.50 bits per heavy atom. The van der Waals surface area contributed by atoms with E-state index in [0.717, 1.165) is 48.2 Å². The molecule has 226 valence electrons. The van der Waals surface area contributed by atoms with Crippen molar-refractivity contribution < 1.29 is 14.3 Å². The van der Waals surface area contributed by atoms with Crippen molar-refractivity contribution in [2.24, 2.45) is 0 Å². The first-order chi connectivity index (χ1) is 19.9. The summed E-state index contributed by atoms with van der Waals surface area (Å²) in [5, 5.41) is 4.37. The predicted octanol–water partition coefficient (Wildman–Crippen LogP) is 8.70. The number of amides is 1. The first kappa shape index (κ1) is 31.8. The van der Waals surface area contributed by atoms with Crippen molar-refractivity contribution in [1.29, 1.82) is 0 Å². The van der Waals surface area contributed by atoms with Gasteiger partial charge in [-0.05, 0) is 107 Å². The Kier molecular flexibility index (Phi) is 10.2. The summed E-state index contributed by atoms with van der Waals surface area (Å²) >= 11 is 7.14. The zero-order valence-electron chi connectivity index (χ0n) is 26.2. The Labute approximate surface area is 256 Å². The van der Waals surface area contributed by atoms with E-state index in [9.17, 15) is 4.79 Å². The monoisotopic (exact) mass is 591 g/mol. The number of ether oxygens (including phenoxy) is 2. The molecule has 4 rings (SSSR count). The smallest absolute Gasteiger partial charge is 0.410 e. The van der Waals surface area contributed by atoms with E-state index in [1.807, 2.05) is 44.1 Å². The summed E-state index contributed by atoms with van der Waals surface area (Å²) in [4.78, 5) is 19.5. The van der Waals surface area contributed by atoms with Crippen LogP contribution in [0, 0.1) is 0 Å². The van der Waals surface area contributed by atoms with Crippen molar-refractivity contribution in [2.45, 2.75) is 83.8 Å². The second-order valence-corrected chi connectivity index (χ2v) is 13.7. The van der Waals surface area contributed by atoms with Crippen molar-refractivity contribution in [2.75, 3.05) is 32.1 Å². The summed E-state index contributed by atoms with van der Waals surface area (Å²) in [6, 6.07) is 16.9. The maximum Gasteiger partial charge on any atom is 0.410 e. The summed E-state index contributed by atoms with van der Waals surface area (Å²) < 4.78 is 11.1. The molecule has 2 aromatic carbocycles. The molecule has 0 bridgehead atoms. The third kappa shape index (κ3) is 8.26. The van der Waals surface area contributed by atoms with Crippen LogP contribution in [0.2, 0.25) is 5.02 Å². The molecule has 6 nitrogen and oxygen atoms in total. The van der Waals surface area contributed by atoms with Crippen molar-refractivity contribution >= 4 is 23.4 Å². The van der Waals surface area contributed by atoms with Gasteiger partial charge in [-0.2, -0.15) is 0 Å². The molecule has 1 amide bonds. The topological polar surface area (TPSA) is 63.7 Å². The minimum atomic E-state index is -0.563. The van der Waals surface area contributed by atoms with Crippen LogP contribution >= 0.6 is 11.6 Å². The lowest BCUT2D eigenvalue weighted by Gasteiger charge is -2.40. The number of pyridine rings is 1. The molecule has 1 N–H and O–H groups in total. The van der Waals surface area contributed by atoms with Crippen molar-refractivity contribution in [1.82, 2.24) is 9.88 Å². The van der Waals surface area contributed by atoms with E-state index >= 15 is 0 Å². The second-order valence-electron chi connectivity index (χ2n) is 13.3. The van der Waals surface area contributed by atoms with E-state index in [4.69, 9.17) is 21.1 Å². The standard InChI is InChI=1S/C35H46ClN3O3/c1-34(2,3)38-32-16-18-37-22-29(32)27-17-19-39(33(40)42-35(4,5)6)23-30(27)28-15-14-25(21-31(28)36)26-13-9-8-11-24(26)12-10-20-41-7/h8-9,11,13-16,18,21-22,27,30H,10,12,17,19-20,23H2,1-7H3,(H,37,38)/t27-,30+/m1/s1. The molecular formula is C35H46ClN3O3. The van der Waals surface area contributed by atoms with Crippen LogP contribution in [-0.2, 0) is 15.9 Å². The molecule has 0 aliphatic carbocycles. The first-order valence-electron chi connectivity index (χ1n) is 14.9. The lowest BCUT2D eigenvalue weighted by Crippen LogP contribution is -2.44. The van der Waals surface area contributed by atoms with Gasteiger partial charge in [-0.3, -0.25) is 4.98 Å². The molecule has 2 heterocycles. The number of benzene rings is 2. The molecule has 0 unspecified atom stereocenters. The second kappa shape index (κ2) is 13.5. The zero-order chi connectivity index (χ0) is 30.5. The van der Waals surface area contributed by atoms with Gasteiger partial charge in [0.15, 0.2) is 0 Å². The Hall–Kier alpha value is -3.09. The Morgan fingerprint density at radius 2 is 1.81 bits per heavy atom. The lowest BCUT2D eigenvalue weighted by molar-refractivity contribution is 0.0184. The van der Waals surface area contributed by atoms with Crippen LogP contribution in [0.25, 0.3) is 11.1 Å². The van der Waals surface area contributed by atoms with E-state index in [2.05, 4.69) is 73.5 Å². The SMILES string of the molecule is COCCCc1ccccc1-c1ccc([C@H]2CN(C(=O)OC(C)(C)C)CC[C@@H]2c2cnccc2NC(C)(C)C)c(Cl)c1. The van der Waals surface area contributed by atoms with Gasteiger partial charge in [-0.15, -0.1) is 0 Å². The molecule has 42 heavy (non-hydrogen) atoms. The number of aromatic nitrogens is 1. The van der Waals surface area contributed by atoms with E-state index in [0.29, 0.717) is 18.1 Å². The number of likely N-dealkylation sites (tertiary alicyclic amines) is 1. The summed E-state index contributed by atoms with van der Waals surface area (Å²) in [6.07, 6.45) is 6.17. The largest absolute Gasteiger partial charge is 0.444 e. The fourth-order valence-electron chi connectivity index (χ4n) is 5.77. The van der Waals surface area contributed by atoms with Crippen molar-refractivity contribution in [3.05, 3.63) is 82.6 Å². The number of nitrogens with one attached hydrogen (secondary N) is 1. The summed E-state index contributed by atoms with van der Waals surface area (Å²) in [7, 11) is 1.74. The van der Waals surface area contributed by atoms with Crippen LogP contribution < -0.4 is 5.32 Å². The number of aryl methyl sites for hydroxylation is 1. The van der Waals surface area contributed by atoms with Gasteiger partial charge < -0.3 is 19.7 Å². The van der Waals surface area contributed by atoms with Gasteiger partial charge in [-0.1, -0.05) is 48.0 Å². The van der Waals surface area contributed by atoms with Crippen LogP contribution in [0.3, 0.4) is 0 Å². The molecule has 3 aromatic rings. The maximum atomic E-state index is 13.2. The number of piperidine rings is 1. The number of anilines is 1. The van der Waals surface area contributed by atoms with Crippen molar-refractivity contribution in [3.63, 3.8) is 0 Å². The fourth-order valence-corrected chi connectivity index (χ4v) is 6.09. The number of hydrogen-bond donors (Lipinski definition) is 1. The number of halogens is 1. The number of rotatable bonds is 8. The highest BCUT2D eigenvalue weighted by Crippen LogP contribution is 2.45. The molecule has 0 radical (unpaired) electrons. The third-order valence-corrected chi connectivity index (χ3v) is 7.88. The molecular weight excluding hydrogens is 546 g/mol. The number of carbonyl (C=O) groups excluding carboxylic acids is 1. The van der Waals surface area contributed by atoms with Gasteiger partial charge in [-0.25, -0.2) is 4.79 Å². The minimum Gasteiger partial charge on any atom is -0.444 e. The predicted molar refractivity (Wildman–Crippen MR) is 173 cm³/mol. The van der Waals surface area contributed by atoms with Crippen molar-refractivity contribution in [3.8, 4) is 11.1 Å². The van der Waals surface area contributed by atoms with E-state index < -0.39 is 5.60 Å². The number of carbonyl (C=O) groups is 1. The molecule has 1 saturated heterocycles. The van der Waals surface area contributed by atoms with E-state index in [1.165, 1.54) is 11.1 Å². The molecule has 1 fully saturated rings. The average molecular weight is 592 g/mol. The Bertz CT molecular complexity index is 1360. The molecule has 1 aliphatic rings. The quantitative estimate of drug-likeness (QED) is 0.265. The highest BCUT2D eigenvalue weighted by atomic mass is 35.5. The van der Waals surface area contributed by atoms with E-state index in [-0.39, 0.29) is 23.5 Å². The highest BCUT2D eigenvalue weighted by Gasteiger charge is 2.37. The Balaban J connectivity index is 1.72. The van der Waals surface area contributed by atoms with Crippen LogP contribution in [-0.4, -0.2) is 53.9 Å². The average Bonchev–Trinajstić information content (AvgIpc) is 2.92. The van der Waals surface area contributed by atoms with Crippen LogP contribution in [0.1, 0.15) is 82.9 Å². The molecule has 0 spiro atoms. The van der Waals surface area contributed by atoms with Crippen LogP contribution in [0.15, 0.2) is 60.9 Å². The van der Waals surface area contributed by atoms with Gasteiger partial charge in [0.05, 0.1) is 0 Å². The molecule has 0 saturated carbocycles. The first-order valence-corrected chi connectivity index (χ1v) is 15.3. The molecule has 2 atom stereocenters. The summed E-state index contributed by atoms with van der Waals surface area (Å²) in [5.74, 6) is 0.0846. The maximum absolute atomic E-state index is 13.2. The molecule has 1 aliphatic heterocycles. The van der Waals surface area contributed by atoms with Gasteiger partial charge in [0.1, 0.15) is 5.60 Å². The molecule has 1 aromatic heterocycles.